The highest BCUT2D eigenvalue weighted by Gasteiger charge is 2.37. The average Bonchev–Trinajstić information content (AvgIpc) is 3.11. The normalized spacial score (nSPS) is 31.6. The van der Waals surface area contributed by atoms with Gasteiger partial charge < -0.3 is 10.6 Å². The Bertz CT molecular complexity index is 629. The third-order valence-electron chi connectivity index (χ3n) is 4.26. The third kappa shape index (κ3) is 3.08. The Hall–Kier alpha value is -0.890. The monoisotopic (exact) mass is 344 g/mol. The number of aliphatic imine (C=N–C) groups is 1. The SMILES string of the molecule is CCCS(=O)(=O)N1CC[C@@H](NC2C(Cl)=CN=C3NC=CC32)C1. The summed E-state index contributed by atoms with van der Waals surface area (Å²) in [6.45, 7) is 2.98. The number of amidine groups is 1. The minimum Gasteiger partial charge on any atom is -0.350 e. The lowest BCUT2D eigenvalue weighted by atomic mass is 9.97. The molecule has 8 heteroatoms. The largest absolute Gasteiger partial charge is 0.350 e. The van der Waals surface area contributed by atoms with Crippen molar-refractivity contribution < 1.29 is 8.42 Å². The van der Waals surface area contributed by atoms with Gasteiger partial charge in [-0.15, -0.1) is 0 Å². The van der Waals surface area contributed by atoms with Crippen LogP contribution in [0.1, 0.15) is 19.8 Å². The van der Waals surface area contributed by atoms with E-state index in [1.54, 1.807) is 10.5 Å². The van der Waals surface area contributed by atoms with Crippen LogP contribution in [0.2, 0.25) is 0 Å². The van der Waals surface area contributed by atoms with Gasteiger partial charge in [0.2, 0.25) is 10.0 Å². The smallest absolute Gasteiger partial charge is 0.214 e. The van der Waals surface area contributed by atoms with Gasteiger partial charge in [0.25, 0.3) is 0 Å². The third-order valence-corrected chi connectivity index (χ3v) is 6.63. The molecule has 0 saturated carbocycles. The number of rotatable bonds is 5. The minimum atomic E-state index is -3.12. The van der Waals surface area contributed by atoms with Crippen LogP contribution in [0.5, 0.6) is 0 Å². The molecular weight excluding hydrogens is 324 g/mol. The quantitative estimate of drug-likeness (QED) is 0.780. The Kier molecular flexibility index (Phi) is 4.59. The van der Waals surface area contributed by atoms with E-state index >= 15 is 0 Å². The van der Waals surface area contributed by atoms with Crippen molar-refractivity contribution in [3.63, 3.8) is 0 Å². The van der Waals surface area contributed by atoms with Crippen molar-refractivity contribution in [3.05, 3.63) is 23.5 Å². The maximum Gasteiger partial charge on any atom is 0.214 e. The van der Waals surface area contributed by atoms with Gasteiger partial charge in [0.05, 0.1) is 22.7 Å². The van der Waals surface area contributed by atoms with Crippen molar-refractivity contribution >= 4 is 27.5 Å². The summed E-state index contributed by atoms with van der Waals surface area (Å²) in [5, 5.41) is 7.27. The number of nitrogens with zero attached hydrogens (tertiary/aromatic N) is 2. The first-order chi connectivity index (χ1) is 10.5. The predicted molar refractivity (Wildman–Crippen MR) is 88.1 cm³/mol. The molecule has 22 heavy (non-hydrogen) atoms. The molecule has 3 aliphatic rings. The Morgan fingerprint density at radius 2 is 2.36 bits per heavy atom. The minimum absolute atomic E-state index is 0.0424. The molecule has 0 aromatic heterocycles. The first-order valence-electron chi connectivity index (χ1n) is 7.61. The van der Waals surface area contributed by atoms with Gasteiger partial charge in [-0.05, 0) is 19.0 Å². The van der Waals surface area contributed by atoms with E-state index in [0.717, 1.165) is 12.3 Å². The highest BCUT2D eigenvalue weighted by molar-refractivity contribution is 7.89. The Morgan fingerprint density at radius 3 is 3.14 bits per heavy atom. The van der Waals surface area contributed by atoms with Gasteiger partial charge in [0.15, 0.2) is 0 Å². The number of hydrogen-bond acceptors (Lipinski definition) is 5. The molecule has 2 unspecified atom stereocenters. The number of halogens is 1. The molecule has 122 valence electrons. The molecule has 3 aliphatic heterocycles. The zero-order chi connectivity index (χ0) is 15.7. The number of hydrogen-bond donors (Lipinski definition) is 2. The summed E-state index contributed by atoms with van der Waals surface area (Å²) in [6.07, 6.45) is 7.01. The summed E-state index contributed by atoms with van der Waals surface area (Å²) in [7, 11) is -3.12. The second kappa shape index (κ2) is 6.31. The van der Waals surface area contributed by atoms with Crippen LogP contribution in [-0.4, -0.2) is 49.5 Å². The van der Waals surface area contributed by atoms with E-state index in [0.29, 0.717) is 24.5 Å². The van der Waals surface area contributed by atoms with Crippen molar-refractivity contribution in [2.45, 2.75) is 31.8 Å². The van der Waals surface area contributed by atoms with Gasteiger partial charge in [-0.25, -0.2) is 17.7 Å². The highest BCUT2D eigenvalue weighted by Crippen LogP contribution is 2.27. The van der Waals surface area contributed by atoms with Crippen LogP contribution in [0.3, 0.4) is 0 Å². The fourth-order valence-electron chi connectivity index (χ4n) is 3.14. The molecule has 3 atom stereocenters. The molecule has 3 heterocycles. The zero-order valence-corrected chi connectivity index (χ0v) is 14.1. The number of fused-ring (bicyclic) bond motifs is 1. The van der Waals surface area contributed by atoms with E-state index in [4.69, 9.17) is 11.6 Å². The second-order valence-electron chi connectivity index (χ2n) is 5.86. The Morgan fingerprint density at radius 1 is 1.55 bits per heavy atom. The Labute approximate surface area is 136 Å². The van der Waals surface area contributed by atoms with Crippen LogP contribution in [0.25, 0.3) is 0 Å². The maximum atomic E-state index is 12.1. The summed E-state index contributed by atoms with van der Waals surface area (Å²) >= 11 is 6.30. The molecule has 1 saturated heterocycles. The first-order valence-corrected chi connectivity index (χ1v) is 9.60. The van der Waals surface area contributed by atoms with Crippen LogP contribution < -0.4 is 10.6 Å². The van der Waals surface area contributed by atoms with E-state index in [9.17, 15) is 8.42 Å². The van der Waals surface area contributed by atoms with Crippen molar-refractivity contribution in [2.75, 3.05) is 18.8 Å². The van der Waals surface area contributed by atoms with Crippen LogP contribution in [-0.2, 0) is 10.0 Å². The van der Waals surface area contributed by atoms with Crippen LogP contribution in [0, 0.1) is 5.92 Å². The molecule has 0 aromatic rings. The van der Waals surface area contributed by atoms with Gasteiger partial charge in [-0.3, -0.25) is 0 Å². The van der Waals surface area contributed by atoms with Gasteiger partial charge in [0, 0.05) is 25.3 Å². The molecule has 0 spiro atoms. The molecule has 0 bridgehead atoms. The fourth-order valence-corrected chi connectivity index (χ4v) is 4.95. The molecule has 3 rings (SSSR count). The summed E-state index contributed by atoms with van der Waals surface area (Å²) in [5.41, 5.74) is 0. The Balaban J connectivity index is 1.64. The van der Waals surface area contributed by atoms with Gasteiger partial charge in [0.1, 0.15) is 5.84 Å². The fraction of sp³-hybridized carbons (Fsp3) is 0.643. The second-order valence-corrected chi connectivity index (χ2v) is 8.39. The molecule has 6 nitrogen and oxygen atoms in total. The van der Waals surface area contributed by atoms with E-state index in [2.05, 4.69) is 15.6 Å². The maximum absolute atomic E-state index is 12.1. The summed E-state index contributed by atoms with van der Waals surface area (Å²) in [5.74, 6) is 1.20. The molecule has 2 N–H and O–H groups in total. The van der Waals surface area contributed by atoms with Gasteiger partial charge in [-0.1, -0.05) is 24.6 Å². The topological polar surface area (TPSA) is 73.8 Å². The lowest BCUT2D eigenvalue weighted by Crippen LogP contribution is -2.48. The van der Waals surface area contributed by atoms with E-state index in [1.807, 2.05) is 19.2 Å². The molecule has 0 radical (unpaired) electrons. The molecule has 0 aromatic carbocycles. The number of nitrogens with one attached hydrogen (secondary N) is 2. The average molecular weight is 345 g/mol. The van der Waals surface area contributed by atoms with E-state index < -0.39 is 10.0 Å². The number of sulfonamides is 1. The molecule has 0 amide bonds. The van der Waals surface area contributed by atoms with Gasteiger partial charge >= 0.3 is 0 Å². The highest BCUT2D eigenvalue weighted by atomic mass is 35.5. The van der Waals surface area contributed by atoms with Crippen molar-refractivity contribution in [1.29, 1.82) is 0 Å². The lowest BCUT2D eigenvalue weighted by Gasteiger charge is -2.29. The summed E-state index contributed by atoms with van der Waals surface area (Å²) in [6, 6.07) is 0.0753. The van der Waals surface area contributed by atoms with Crippen LogP contribution in [0.15, 0.2) is 28.5 Å². The van der Waals surface area contributed by atoms with E-state index in [1.165, 1.54) is 0 Å². The van der Waals surface area contributed by atoms with Crippen molar-refractivity contribution in [1.82, 2.24) is 14.9 Å². The molecular formula is C14H21ClN4O2S. The predicted octanol–water partition coefficient (Wildman–Crippen LogP) is 0.984. The summed E-state index contributed by atoms with van der Waals surface area (Å²) < 4.78 is 25.9. The zero-order valence-electron chi connectivity index (χ0n) is 12.5. The van der Waals surface area contributed by atoms with Crippen LogP contribution in [0.4, 0.5) is 0 Å². The molecule has 0 aliphatic carbocycles. The standard InChI is InChI=1S/C14H21ClN4O2S/c1-2-7-22(20,21)19-6-4-10(9-19)18-13-11-3-5-16-14(11)17-8-12(13)15/h3,5,8,10-11,13,18H,2,4,6-7,9H2,1H3,(H,16,17)/t10-,11?,13?/m1/s1. The lowest BCUT2D eigenvalue weighted by molar-refractivity contribution is 0.427. The van der Waals surface area contributed by atoms with E-state index in [-0.39, 0.29) is 23.8 Å². The van der Waals surface area contributed by atoms with Gasteiger partial charge in [-0.2, -0.15) is 0 Å². The van der Waals surface area contributed by atoms with Crippen LogP contribution >= 0.6 is 11.6 Å². The molecule has 1 fully saturated rings. The summed E-state index contributed by atoms with van der Waals surface area (Å²) in [4.78, 5) is 4.28. The van der Waals surface area contributed by atoms with Crippen molar-refractivity contribution in [3.8, 4) is 0 Å². The van der Waals surface area contributed by atoms with Crippen molar-refractivity contribution in [2.24, 2.45) is 10.9 Å². The first kappa shape index (κ1) is 16.0.